The quantitative estimate of drug-likeness (QED) is 0.775. The first kappa shape index (κ1) is 9.66. The molecule has 1 fully saturated rings. The van der Waals surface area contributed by atoms with Crippen molar-refractivity contribution in [1.82, 2.24) is 9.38 Å². The molecular weight excluding hydrogens is 204 g/mol. The first-order chi connectivity index (χ1) is 7.88. The van der Waals surface area contributed by atoms with Gasteiger partial charge in [-0.25, -0.2) is 4.98 Å². The van der Waals surface area contributed by atoms with Gasteiger partial charge in [0.05, 0.1) is 12.8 Å². The SMILES string of the molecule is COc1cccn2cc(C3CCCO3)nc12. The van der Waals surface area contributed by atoms with E-state index in [0.717, 1.165) is 36.5 Å². The van der Waals surface area contributed by atoms with Gasteiger partial charge in [-0.05, 0) is 25.0 Å². The summed E-state index contributed by atoms with van der Waals surface area (Å²) in [5, 5.41) is 0. The van der Waals surface area contributed by atoms with Crippen LogP contribution in [0.1, 0.15) is 24.6 Å². The molecule has 0 radical (unpaired) electrons. The third kappa shape index (κ3) is 1.46. The topological polar surface area (TPSA) is 35.8 Å². The van der Waals surface area contributed by atoms with E-state index in [4.69, 9.17) is 9.47 Å². The Balaban J connectivity index is 2.07. The fraction of sp³-hybridized carbons (Fsp3) is 0.417. The average molecular weight is 218 g/mol. The van der Waals surface area contributed by atoms with E-state index in [2.05, 4.69) is 4.98 Å². The lowest BCUT2D eigenvalue weighted by molar-refractivity contribution is 0.109. The predicted molar refractivity (Wildman–Crippen MR) is 59.7 cm³/mol. The minimum atomic E-state index is 0.157. The maximum absolute atomic E-state index is 5.63. The van der Waals surface area contributed by atoms with Crippen LogP contribution in [0.4, 0.5) is 0 Å². The third-order valence-electron chi connectivity index (χ3n) is 2.95. The Labute approximate surface area is 93.8 Å². The zero-order chi connectivity index (χ0) is 11.0. The fourth-order valence-electron chi connectivity index (χ4n) is 2.13. The molecule has 3 heterocycles. The number of methoxy groups -OCH3 is 1. The number of aromatic nitrogens is 2. The number of imidazole rings is 1. The molecule has 4 heteroatoms. The van der Waals surface area contributed by atoms with Crippen LogP contribution < -0.4 is 4.74 Å². The van der Waals surface area contributed by atoms with Crippen LogP contribution >= 0.6 is 0 Å². The van der Waals surface area contributed by atoms with Gasteiger partial charge in [0, 0.05) is 19.0 Å². The molecule has 3 rings (SSSR count). The Morgan fingerprint density at radius 1 is 1.56 bits per heavy atom. The molecule has 16 heavy (non-hydrogen) atoms. The lowest BCUT2D eigenvalue weighted by atomic mass is 10.2. The highest BCUT2D eigenvalue weighted by atomic mass is 16.5. The van der Waals surface area contributed by atoms with Gasteiger partial charge in [-0.3, -0.25) is 0 Å². The highest BCUT2D eigenvalue weighted by Crippen LogP contribution is 2.29. The summed E-state index contributed by atoms with van der Waals surface area (Å²) < 4.78 is 12.9. The Kier molecular flexibility index (Phi) is 2.29. The molecule has 4 nitrogen and oxygen atoms in total. The summed E-state index contributed by atoms with van der Waals surface area (Å²) in [6.45, 7) is 0.843. The summed E-state index contributed by atoms with van der Waals surface area (Å²) in [7, 11) is 1.66. The summed E-state index contributed by atoms with van der Waals surface area (Å²) in [5.74, 6) is 0.798. The van der Waals surface area contributed by atoms with Crippen molar-refractivity contribution in [2.45, 2.75) is 18.9 Å². The molecule has 0 aromatic carbocycles. The van der Waals surface area contributed by atoms with Crippen molar-refractivity contribution in [3.8, 4) is 5.75 Å². The third-order valence-corrected chi connectivity index (χ3v) is 2.95. The molecule has 0 bridgehead atoms. The first-order valence-corrected chi connectivity index (χ1v) is 5.51. The van der Waals surface area contributed by atoms with Gasteiger partial charge in [0.15, 0.2) is 11.4 Å². The van der Waals surface area contributed by atoms with Crippen molar-refractivity contribution >= 4 is 5.65 Å². The maximum Gasteiger partial charge on any atom is 0.180 e. The predicted octanol–water partition coefficient (Wildman–Crippen LogP) is 2.19. The van der Waals surface area contributed by atoms with E-state index >= 15 is 0 Å². The van der Waals surface area contributed by atoms with Gasteiger partial charge >= 0.3 is 0 Å². The molecule has 1 aliphatic rings. The second kappa shape index (κ2) is 3.79. The van der Waals surface area contributed by atoms with Crippen molar-refractivity contribution in [2.24, 2.45) is 0 Å². The molecule has 0 aliphatic carbocycles. The fourth-order valence-corrected chi connectivity index (χ4v) is 2.13. The standard InChI is InChI=1S/C12H14N2O2/c1-15-11-4-2-6-14-8-9(13-12(11)14)10-5-3-7-16-10/h2,4,6,8,10H,3,5,7H2,1H3. The number of nitrogens with zero attached hydrogens (tertiary/aromatic N) is 2. The number of fused-ring (bicyclic) bond motifs is 1. The first-order valence-electron chi connectivity index (χ1n) is 5.51. The molecule has 0 spiro atoms. The molecule has 2 aromatic rings. The van der Waals surface area contributed by atoms with Gasteiger partial charge in [-0.1, -0.05) is 0 Å². The van der Waals surface area contributed by atoms with Crippen molar-refractivity contribution < 1.29 is 9.47 Å². The molecule has 84 valence electrons. The summed E-state index contributed by atoms with van der Waals surface area (Å²) in [5.41, 5.74) is 1.86. The van der Waals surface area contributed by atoms with Crippen LogP contribution in [0.15, 0.2) is 24.5 Å². The van der Waals surface area contributed by atoms with Gasteiger partial charge in [0.1, 0.15) is 6.10 Å². The van der Waals surface area contributed by atoms with E-state index < -0.39 is 0 Å². The lowest BCUT2D eigenvalue weighted by Gasteiger charge is -2.03. The van der Waals surface area contributed by atoms with Crippen LogP contribution in [-0.2, 0) is 4.74 Å². The van der Waals surface area contributed by atoms with Crippen molar-refractivity contribution in [2.75, 3.05) is 13.7 Å². The number of pyridine rings is 1. The summed E-state index contributed by atoms with van der Waals surface area (Å²) in [6, 6.07) is 3.87. The molecule has 1 atom stereocenters. The van der Waals surface area contributed by atoms with E-state index in [1.165, 1.54) is 0 Å². The van der Waals surface area contributed by atoms with Crippen molar-refractivity contribution in [3.63, 3.8) is 0 Å². The van der Waals surface area contributed by atoms with E-state index in [1.807, 2.05) is 28.9 Å². The van der Waals surface area contributed by atoms with Gasteiger partial charge in [0.25, 0.3) is 0 Å². The average Bonchev–Trinajstić information content (AvgIpc) is 2.96. The molecular formula is C12H14N2O2. The largest absolute Gasteiger partial charge is 0.493 e. The maximum atomic E-state index is 5.63. The van der Waals surface area contributed by atoms with Crippen molar-refractivity contribution in [3.05, 3.63) is 30.2 Å². The zero-order valence-corrected chi connectivity index (χ0v) is 9.22. The highest BCUT2D eigenvalue weighted by molar-refractivity contribution is 5.54. The molecule has 0 N–H and O–H groups in total. The normalized spacial score (nSPS) is 20.4. The minimum absolute atomic E-state index is 0.157. The molecule has 1 aliphatic heterocycles. The summed E-state index contributed by atoms with van der Waals surface area (Å²) in [6.07, 6.45) is 6.34. The zero-order valence-electron chi connectivity index (χ0n) is 9.22. The number of hydrogen-bond donors (Lipinski definition) is 0. The van der Waals surface area contributed by atoms with Crippen LogP contribution in [0.5, 0.6) is 5.75 Å². The second-order valence-corrected chi connectivity index (χ2v) is 3.97. The molecule has 1 unspecified atom stereocenters. The van der Waals surface area contributed by atoms with Gasteiger partial charge in [-0.2, -0.15) is 0 Å². The Morgan fingerprint density at radius 3 is 3.25 bits per heavy atom. The number of ether oxygens (including phenoxy) is 2. The molecule has 1 saturated heterocycles. The molecule has 0 amide bonds. The minimum Gasteiger partial charge on any atom is -0.493 e. The van der Waals surface area contributed by atoms with Crippen LogP contribution in [0.2, 0.25) is 0 Å². The van der Waals surface area contributed by atoms with Gasteiger partial charge in [-0.15, -0.1) is 0 Å². The van der Waals surface area contributed by atoms with Gasteiger partial charge in [0.2, 0.25) is 0 Å². The Bertz CT molecular complexity index is 501. The van der Waals surface area contributed by atoms with Crippen LogP contribution in [0, 0.1) is 0 Å². The van der Waals surface area contributed by atoms with E-state index in [-0.39, 0.29) is 6.10 Å². The Hall–Kier alpha value is -1.55. The van der Waals surface area contributed by atoms with Gasteiger partial charge < -0.3 is 13.9 Å². The summed E-state index contributed by atoms with van der Waals surface area (Å²) >= 11 is 0. The van der Waals surface area contributed by atoms with Crippen molar-refractivity contribution in [1.29, 1.82) is 0 Å². The smallest absolute Gasteiger partial charge is 0.180 e. The number of hydrogen-bond acceptors (Lipinski definition) is 3. The highest BCUT2D eigenvalue weighted by Gasteiger charge is 2.21. The Morgan fingerprint density at radius 2 is 2.50 bits per heavy atom. The number of rotatable bonds is 2. The molecule has 2 aromatic heterocycles. The summed E-state index contributed by atoms with van der Waals surface area (Å²) in [4.78, 5) is 4.58. The van der Waals surface area contributed by atoms with Crippen LogP contribution in [0.25, 0.3) is 5.65 Å². The van der Waals surface area contributed by atoms with Crippen LogP contribution in [-0.4, -0.2) is 23.1 Å². The van der Waals surface area contributed by atoms with E-state index in [0.29, 0.717) is 0 Å². The van der Waals surface area contributed by atoms with E-state index in [9.17, 15) is 0 Å². The molecule has 0 saturated carbocycles. The van der Waals surface area contributed by atoms with Crippen LogP contribution in [0.3, 0.4) is 0 Å². The monoisotopic (exact) mass is 218 g/mol. The second-order valence-electron chi connectivity index (χ2n) is 3.97. The lowest BCUT2D eigenvalue weighted by Crippen LogP contribution is -1.95. The van der Waals surface area contributed by atoms with E-state index in [1.54, 1.807) is 7.11 Å².